The van der Waals surface area contributed by atoms with Crippen molar-refractivity contribution in [1.82, 2.24) is 9.80 Å². The lowest BCUT2D eigenvalue weighted by atomic mass is 10.0. The van der Waals surface area contributed by atoms with E-state index in [1.54, 1.807) is 0 Å². The molecule has 1 aliphatic heterocycles. The zero-order valence-electron chi connectivity index (χ0n) is 15.8. The summed E-state index contributed by atoms with van der Waals surface area (Å²) in [7, 11) is 0. The molecular formula is C21H29N3O2. The Morgan fingerprint density at radius 1 is 1.15 bits per heavy atom. The van der Waals surface area contributed by atoms with E-state index < -0.39 is 0 Å². The summed E-state index contributed by atoms with van der Waals surface area (Å²) in [6.45, 7) is 7.38. The van der Waals surface area contributed by atoms with Crippen LogP contribution in [0.15, 0.2) is 30.4 Å². The number of nitrogens with zero attached hydrogens (tertiary/aromatic N) is 2. The summed E-state index contributed by atoms with van der Waals surface area (Å²) in [5.74, 6) is 0.680. The van der Waals surface area contributed by atoms with Crippen LogP contribution < -0.4 is 5.32 Å². The van der Waals surface area contributed by atoms with Gasteiger partial charge in [-0.1, -0.05) is 24.3 Å². The van der Waals surface area contributed by atoms with E-state index in [4.69, 9.17) is 0 Å². The lowest BCUT2D eigenvalue weighted by Gasteiger charge is -2.34. The highest BCUT2D eigenvalue weighted by Gasteiger charge is 2.24. The first-order valence-electron chi connectivity index (χ1n) is 9.56. The van der Waals surface area contributed by atoms with Crippen LogP contribution in [0.1, 0.15) is 30.4 Å². The second-order valence-electron chi connectivity index (χ2n) is 7.42. The Labute approximate surface area is 156 Å². The highest BCUT2D eigenvalue weighted by atomic mass is 16.2. The number of carbonyl (C=O) groups excluding carboxylic acids is 2. The van der Waals surface area contributed by atoms with Gasteiger partial charge in [0.15, 0.2) is 0 Å². The molecule has 140 valence electrons. The van der Waals surface area contributed by atoms with Crippen LogP contribution in [0.4, 0.5) is 5.69 Å². The first kappa shape index (κ1) is 18.6. The summed E-state index contributed by atoms with van der Waals surface area (Å²) in [5.41, 5.74) is 3.16. The third kappa shape index (κ3) is 4.73. The molecule has 3 rings (SSSR count). The predicted molar refractivity (Wildman–Crippen MR) is 104 cm³/mol. The largest absolute Gasteiger partial charge is 0.340 e. The van der Waals surface area contributed by atoms with Crippen LogP contribution in [0, 0.1) is 19.8 Å². The van der Waals surface area contributed by atoms with Gasteiger partial charge in [0, 0.05) is 38.3 Å². The smallest absolute Gasteiger partial charge is 0.238 e. The summed E-state index contributed by atoms with van der Waals surface area (Å²) in [5, 5.41) is 3.01. The molecule has 1 N–H and O–H groups in total. The minimum absolute atomic E-state index is 0.00886. The molecule has 1 aliphatic carbocycles. The van der Waals surface area contributed by atoms with Crippen molar-refractivity contribution in [2.24, 2.45) is 5.92 Å². The third-order valence-electron chi connectivity index (χ3n) is 5.52. The lowest BCUT2D eigenvalue weighted by molar-refractivity contribution is -0.133. The number of anilines is 1. The Hall–Kier alpha value is -2.14. The van der Waals surface area contributed by atoms with Gasteiger partial charge in [-0.25, -0.2) is 0 Å². The Morgan fingerprint density at radius 3 is 2.62 bits per heavy atom. The maximum atomic E-state index is 12.4. The second kappa shape index (κ2) is 8.49. The molecule has 0 unspecified atom stereocenters. The molecule has 26 heavy (non-hydrogen) atoms. The fourth-order valence-corrected chi connectivity index (χ4v) is 3.65. The van der Waals surface area contributed by atoms with E-state index in [2.05, 4.69) is 22.4 Å². The molecule has 1 heterocycles. The van der Waals surface area contributed by atoms with E-state index in [0.717, 1.165) is 37.2 Å². The minimum atomic E-state index is 0.00886. The van der Waals surface area contributed by atoms with Crippen molar-refractivity contribution in [3.8, 4) is 0 Å². The van der Waals surface area contributed by atoms with Crippen LogP contribution >= 0.6 is 0 Å². The number of aryl methyl sites for hydroxylation is 1. The summed E-state index contributed by atoms with van der Waals surface area (Å²) >= 11 is 0. The van der Waals surface area contributed by atoms with Gasteiger partial charge in [0.05, 0.1) is 6.54 Å². The van der Waals surface area contributed by atoms with Crippen molar-refractivity contribution in [1.29, 1.82) is 0 Å². The quantitative estimate of drug-likeness (QED) is 0.827. The number of benzene rings is 1. The number of piperazine rings is 1. The van der Waals surface area contributed by atoms with Crippen molar-refractivity contribution < 1.29 is 9.59 Å². The number of hydrogen-bond acceptors (Lipinski definition) is 3. The summed E-state index contributed by atoms with van der Waals surface area (Å²) in [6, 6.07) is 5.94. The minimum Gasteiger partial charge on any atom is -0.340 e. The second-order valence-corrected chi connectivity index (χ2v) is 7.42. The molecule has 0 aromatic heterocycles. The zero-order chi connectivity index (χ0) is 18.5. The topological polar surface area (TPSA) is 52.7 Å². The molecule has 2 aliphatic rings. The van der Waals surface area contributed by atoms with E-state index in [1.807, 2.05) is 36.9 Å². The number of hydrogen-bond donors (Lipinski definition) is 1. The third-order valence-corrected chi connectivity index (χ3v) is 5.52. The van der Waals surface area contributed by atoms with E-state index in [-0.39, 0.29) is 11.8 Å². The molecule has 1 fully saturated rings. The maximum absolute atomic E-state index is 12.4. The molecule has 2 amide bonds. The van der Waals surface area contributed by atoms with Gasteiger partial charge in [-0.05, 0) is 49.8 Å². The first-order chi connectivity index (χ1) is 12.5. The van der Waals surface area contributed by atoms with Crippen molar-refractivity contribution >= 4 is 17.5 Å². The number of carbonyl (C=O) groups is 2. The average Bonchev–Trinajstić information content (AvgIpc) is 3.12. The van der Waals surface area contributed by atoms with E-state index in [0.29, 0.717) is 32.0 Å². The summed E-state index contributed by atoms with van der Waals surface area (Å²) < 4.78 is 0. The van der Waals surface area contributed by atoms with Crippen molar-refractivity contribution in [3.63, 3.8) is 0 Å². The van der Waals surface area contributed by atoms with Gasteiger partial charge in [0.2, 0.25) is 11.8 Å². The van der Waals surface area contributed by atoms with Crippen molar-refractivity contribution in [2.75, 3.05) is 38.0 Å². The Kier molecular flexibility index (Phi) is 6.09. The van der Waals surface area contributed by atoms with E-state index in [9.17, 15) is 9.59 Å². The first-order valence-corrected chi connectivity index (χ1v) is 9.56. The van der Waals surface area contributed by atoms with Crippen LogP contribution in [0.2, 0.25) is 0 Å². The maximum Gasteiger partial charge on any atom is 0.238 e. The molecule has 1 atom stereocenters. The molecule has 0 bridgehead atoms. The van der Waals surface area contributed by atoms with Gasteiger partial charge in [-0.15, -0.1) is 0 Å². The monoisotopic (exact) mass is 355 g/mol. The van der Waals surface area contributed by atoms with Gasteiger partial charge >= 0.3 is 0 Å². The number of amides is 2. The van der Waals surface area contributed by atoms with Crippen LogP contribution in [-0.2, 0) is 9.59 Å². The fraction of sp³-hybridized carbons (Fsp3) is 0.524. The van der Waals surface area contributed by atoms with Gasteiger partial charge in [-0.3, -0.25) is 14.5 Å². The standard InChI is InChI=1S/C21H29N3O2/c1-16-6-5-9-19(17(16)2)22-20(25)15-23-10-12-24(13-11-23)21(26)14-18-7-3-4-8-18/h3,5-7,9,18H,4,8,10-15H2,1-2H3,(H,22,25)/t18-/m0/s1. The average molecular weight is 355 g/mol. The van der Waals surface area contributed by atoms with Gasteiger partial charge in [0.25, 0.3) is 0 Å². The number of rotatable bonds is 5. The van der Waals surface area contributed by atoms with Gasteiger partial charge < -0.3 is 10.2 Å². The Balaban J connectivity index is 1.43. The molecule has 5 heteroatoms. The van der Waals surface area contributed by atoms with Crippen LogP contribution in [0.25, 0.3) is 0 Å². The normalized spacial score (nSPS) is 20.4. The molecular weight excluding hydrogens is 326 g/mol. The van der Waals surface area contributed by atoms with Crippen LogP contribution in [-0.4, -0.2) is 54.3 Å². The van der Waals surface area contributed by atoms with Crippen molar-refractivity contribution in [2.45, 2.75) is 33.1 Å². The highest BCUT2D eigenvalue weighted by molar-refractivity contribution is 5.93. The lowest BCUT2D eigenvalue weighted by Crippen LogP contribution is -2.50. The number of nitrogens with one attached hydrogen (secondary N) is 1. The Morgan fingerprint density at radius 2 is 1.92 bits per heavy atom. The van der Waals surface area contributed by atoms with E-state index in [1.165, 1.54) is 5.56 Å². The van der Waals surface area contributed by atoms with Crippen LogP contribution in [0.5, 0.6) is 0 Å². The molecule has 1 aromatic carbocycles. The molecule has 5 nitrogen and oxygen atoms in total. The van der Waals surface area contributed by atoms with Crippen LogP contribution in [0.3, 0.4) is 0 Å². The fourth-order valence-electron chi connectivity index (χ4n) is 3.65. The van der Waals surface area contributed by atoms with Gasteiger partial charge in [0.1, 0.15) is 0 Å². The summed E-state index contributed by atoms with van der Waals surface area (Å²) in [6.07, 6.45) is 7.17. The van der Waals surface area contributed by atoms with E-state index >= 15 is 0 Å². The summed E-state index contributed by atoms with van der Waals surface area (Å²) in [4.78, 5) is 28.8. The highest BCUT2D eigenvalue weighted by Crippen LogP contribution is 2.22. The molecule has 0 saturated carbocycles. The molecule has 1 aromatic rings. The van der Waals surface area contributed by atoms with Gasteiger partial charge in [-0.2, -0.15) is 0 Å². The zero-order valence-corrected chi connectivity index (χ0v) is 15.8. The molecule has 0 spiro atoms. The number of allylic oxidation sites excluding steroid dienone is 2. The SMILES string of the molecule is Cc1cccc(NC(=O)CN2CCN(C(=O)C[C@H]3C=CCC3)CC2)c1C. The van der Waals surface area contributed by atoms with Crippen molar-refractivity contribution in [3.05, 3.63) is 41.5 Å². The molecule has 0 radical (unpaired) electrons. The predicted octanol–water partition coefficient (Wildman–Crippen LogP) is 2.74. The Bertz CT molecular complexity index is 690. The molecule has 1 saturated heterocycles.